The van der Waals surface area contributed by atoms with E-state index in [9.17, 15) is 8.42 Å². The Hall–Kier alpha value is 0.01000. The minimum Gasteiger partial charge on any atom is -0.381 e. The van der Waals surface area contributed by atoms with Crippen LogP contribution in [0.1, 0.15) is 12.8 Å². The molecule has 2 heterocycles. The SMILES string of the molecule is COC1CCN(S(=O)(=O)c2sccc2Br)C(CN)C1. The lowest BCUT2D eigenvalue weighted by Gasteiger charge is -2.37. The first-order valence-corrected chi connectivity index (χ1v) is 9.09. The molecule has 5 nitrogen and oxygen atoms in total. The first-order valence-electron chi connectivity index (χ1n) is 5.98. The van der Waals surface area contributed by atoms with Crippen LogP contribution in [0.15, 0.2) is 20.1 Å². The van der Waals surface area contributed by atoms with Crippen molar-refractivity contribution in [2.24, 2.45) is 5.73 Å². The van der Waals surface area contributed by atoms with Crippen LogP contribution >= 0.6 is 27.3 Å². The number of sulfonamides is 1. The molecule has 2 unspecified atom stereocenters. The molecule has 0 spiro atoms. The first-order chi connectivity index (χ1) is 9.00. The van der Waals surface area contributed by atoms with Gasteiger partial charge in [-0.2, -0.15) is 4.31 Å². The van der Waals surface area contributed by atoms with Gasteiger partial charge in [-0.05, 0) is 40.2 Å². The molecule has 1 aliphatic heterocycles. The van der Waals surface area contributed by atoms with E-state index in [2.05, 4.69) is 15.9 Å². The number of hydrogen-bond acceptors (Lipinski definition) is 5. The Morgan fingerprint density at radius 2 is 2.37 bits per heavy atom. The highest BCUT2D eigenvalue weighted by molar-refractivity contribution is 9.10. The predicted molar refractivity (Wildman–Crippen MR) is 78.8 cm³/mol. The molecule has 1 aromatic rings. The van der Waals surface area contributed by atoms with Gasteiger partial charge in [0.1, 0.15) is 4.21 Å². The predicted octanol–water partition coefficient (Wildman–Crippen LogP) is 1.64. The lowest BCUT2D eigenvalue weighted by Crippen LogP contribution is -2.50. The van der Waals surface area contributed by atoms with Crippen LogP contribution in [-0.4, -0.2) is 45.1 Å². The van der Waals surface area contributed by atoms with Crippen molar-refractivity contribution in [3.63, 3.8) is 0 Å². The van der Waals surface area contributed by atoms with Crippen molar-refractivity contribution in [3.05, 3.63) is 15.9 Å². The number of rotatable bonds is 4. The molecule has 1 fully saturated rings. The maximum atomic E-state index is 12.6. The summed E-state index contributed by atoms with van der Waals surface area (Å²) in [4.78, 5) is 0. The molecule has 0 aliphatic carbocycles. The van der Waals surface area contributed by atoms with Crippen molar-refractivity contribution in [2.75, 3.05) is 20.2 Å². The molecule has 1 aromatic heterocycles. The normalized spacial score (nSPS) is 25.6. The van der Waals surface area contributed by atoms with Gasteiger partial charge in [0.25, 0.3) is 10.0 Å². The molecule has 1 aliphatic rings. The minimum absolute atomic E-state index is 0.0896. The van der Waals surface area contributed by atoms with E-state index in [-0.39, 0.29) is 12.1 Å². The quantitative estimate of drug-likeness (QED) is 0.876. The van der Waals surface area contributed by atoms with Crippen LogP contribution in [0, 0.1) is 0 Å². The Morgan fingerprint density at radius 1 is 1.63 bits per heavy atom. The van der Waals surface area contributed by atoms with Gasteiger partial charge in [0.2, 0.25) is 0 Å². The fourth-order valence-electron chi connectivity index (χ4n) is 2.31. The monoisotopic (exact) mass is 368 g/mol. The summed E-state index contributed by atoms with van der Waals surface area (Å²) in [7, 11) is -1.82. The number of nitrogens with zero attached hydrogens (tertiary/aromatic N) is 1. The molecule has 108 valence electrons. The molecule has 0 aromatic carbocycles. The Bertz CT molecular complexity index is 532. The summed E-state index contributed by atoms with van der Waals surface area (Å²) in [5, 5.41) is 1.76. The van der Waals surface area contributed by atoms with E-state index in [1.807, 2.05) is 0 Å². The third-order valence-corrected chi connectivity index (χ3v) is 7.95. The van der Waals surface area contributed by atoms with Gasteiger partial charge in [0.15, 0.2) is 0 Å². The average molecular weight is 369 g/mol. The molecule has 19 heavy (non-hydrogen) atoms. The minimum atomic E-state index is -3.47. The average Bonchev–Trinajstić information content (AvgIpc) is 2.84. The summed E-state index contributed by atoms with van der Waals surface area (Å²) in [5.74, 6) is 0. The lowest BCUT2D eigenvalue weighted by atomic mass is 10.0. The first kappa shape index (κ1) is 15.4. The van der Waals surface area contributed by atoms with Crippen LogP contribution in [0.5, 0.6) is 0 Å². The summed E-state index contributed by atoms with van der Waals surface area (Å²) >= 11 is 4.51. The zero-order valence-electron chi connectivity index (χ0n) is 10.6. The van der Waals surface area contributed by atoms with Gasteiger partial charge in [-0.1, -0.05) is 0 Å². The molecule has 0 amide bonds. The number of hydrogen-bond donors (Lipinski definition) is 1. The summed E-state index contributed by atoms with van der Waals surface area (Å²) in [6, 6.07) is 1.55. The number of nitrogens with two attached hydrogens (primary N) is 1. The number of piperidine rings is 1. The zero-order valence-corrected chi connectivity index (χ0v) is 13.8. The standard InChI is InChI=1S/C11H17BrN2O3S2/c1-17-9-2-4-14(8(6-9)7-13)19(15,16)11-10(12)3-5-18-11/h3,5,8-9H,2,4,6-7,13H2,1H3. The van der Waals surface area contributed by atoms with Crippen molar-refractivity contribution in [1.82, 2.24) is 4.31 Å². The zero-order chi connectivity index (χ0) is 14.0. The summed E-state index contributed by atoms with van der Waals surface area (Å²) < 4.78 is 33.1. The number of ether oxygens (including phenoxy) is 1. The Balaban J connectivity index is 2.28. The lowest BCUT2D eigenvalue weighted by molar-refractivity contribution is 0.0402. The van der Waals surface area contributed by atoms with E-state index in [0.29, 0.717) is 34.6 Å². The number of thiophene rings is 1. The van der Waals surface area contributed by atoms with E-state index in [1.54, 1.807) is 18.6 Å². The molecule has 0 radical (unpaired) electrons. The number of methoxy groups -OCH3 is 1. The third kappa shape index (κ3) is 3.03. The summed E-state index contributed by atoms with van der Waals surface area (Å²) in [5.41, 5.74) is 5.73. The topological polar surface area (TPSA) is 72.6 Å². The van der Waals surface area contributed by atoms with Gasteiger partial charge >= 0.3 is 0 Å². The fraction of sp³-hybridized carbons (Fsp3) is 0.636. The maximum absolute atomic E-state index is 12.6. The van der Waals surface area contributed by atoms with Crippen molar-refractivity contribution in [3.8, 4) is 0 Å². The molecule has 2 atom stereocenters. The van der Waals surface area contributed by atoms with Crippen LogP contribution < -0.4 is 5.73 Å². The second kappa shape index (κ2) is 6.19. The van der Waals surface area contributed by atoms with E-state index >= 15 is 0 Å². The maximum Gasteiger partial charge on any atom is 0.253 e. The smallest absolute Gasteiger partial charge is 0.253 e. The number of halogens is 1. The highest BCUT2D eigenvalue weighted by Crippen LogP contribution is 2.33. The van der Waals surface area contributed by atoms with Gasteiger partial charge in [0.05, 0.1) is 6.10 Å². The van der Waals surface area contributed by atoms with Crippen LogP contribution in [0.4, 0.5) is 0 Å². The molecule has 2 rings (SSSR count). The molecular weight excluding hydrogens is 352 g/mol. The van der Waals surface area contributed by atoms with Gasteiger partial charge in [-0.25, -0.2) is 8.42 Å². The van der Waals surface area contributed by atoms with Crippen LogP contribution in [-0.2, 0) is 14.8 Å². The second-order valence-electron chi connectivity index (χ2n) is 4.44. The van der Waals surface area contributed by atoms with E-state index in [4.69, 9.17) is 10.5 Å². The van der Waals surface area contributed by atoms with E-state index in [1.165, 1.54) is 15.6 Å². The highest BCUT2D eigenvalue weighted by Gasteiger charge is 2.37. The Kier molecular flexibility index (Phi) is 5.02. The molecule has 0 saturated carbocycles. The molecular formula is C11H17BrN2O3S2. The summed E-state index contributed by atoms with van der Waals surface area (Å²) in [6.07, 6.45) is 1.44. The second-order valence-corrected chi connectivity index (χ2v) is 8.30. The van der Waals surface area contributed by atoms with Crippen molar-refractivity contribution in [2.45, 2.75) is 29.2 Å². The Morgan fingerprint density at radius 3 is 2.89 bits per heavy atom. The highest BCUT2D eigenvalue weighted by atomic mass is 79.9. The van der Waals surface area contributed by atoms with Crippen molar-refractivity contribution >= 4 is 37.3 Å². The fourth-order valence-corrected chi connectivity index (χ4v) is 6.40. The Labute approximate surface area is 125 Å². The molecule has 0 bridgehead atoms. The van der Waals surface area contributed by atoms with E-state index < -0.39 is 10.0 Å². The van der Waals surface area contributed by atoms with Gasteiger partial charge in [0, 0.05) is 30.7 Å². The summed E-state index contributed by atoms with van der Waals surface area (Å²) in [6.45, 7) is 0.759. The third-order valence-electron chi connectivity index (χ3n) is 3.35. The van der Waals surface area contributed by atoms with Crippen LogP contribution in [0.25, 0.3) is 0 Å². The van der Waals surface area contributed by atoms with Crippen LogP contribution in [0.2, 0.25) is 0 Å². The molecule has 1 saturated heterocycles. The molecule has 8 heteroatoms. The van der Waals surface area contributed by atoms with Crippen molar-refractivity contribution < 1.29 is 13.2 Å². The van der Waals surface area contributed by atoms with Gasteiger partial charge in [-0.3, -0.25) is 0 Å². The van der Waals surface area contributed by atoms with Crippen molar-refractivity contribution in [1.29, 1.82) is 0 Å². The van der Waals surface area contributed by atoms with E-state index in [0.717, 1.165) is 0 Å². The van der Waals surface area contributed by atoms with Crippen LogP contribution in [0.3, 0.4) is 0 Å². The van der Waals surface area contributed by atoms with Gasteiger partial charge < -0.3 is 10.5 Å². The largest absolute Gasteiger partial charge is 0.381 e. The molecule has 2 N–H and O–H groups in total. The van der Waals surface area contributed by atoms with Gasteiger partial charge in [-0.15, -0.1) is 11.3 Å².